The molecular weight excluding hydrogens is 448 g/mol. The highest BCUT2D eigenvalue weighted by Crippen LogP contribution is 2.27. The van der Waals surface area contributed by atoms with Crippen molar-refractivity contribution in [2.75, 3.05) is 26.2 Å². The highest BCUT2D eigenvalue weighted by molar-refractivity contribution is 7.89. The van der Waals surface area contributed by atoms with Crippen molar-refractivity contribution in [1.29, 1.82) is 0 Å². The zero-order valence-electron chi connectivity index (χ0n) is 18.2. The quantitative estimate of drug-likeness (QED) is 0.546. The summed E-state index contributed by atoms with van der Waals surface area (Å²) in [5, 5.41) is 1.12. The number of sulfonamides is 1. The molecule has 0 amide bonds. The van der Waals surface area contributed by atoms with E-state index < -0.39 is 10.0 Å². The molecule has 170 valence electrons. The van der Waals surface area contributed by atoms with Crippen LogP contribution in [0.15, 0.2) is 58.2 Å². The molecule has 1 aliphatic rings. The van der Waals surface area contributed by atoms with E-state index in [1.807, 2.05) is 31.2 Å². The topological polar surface area (TPSA) is 75.5 Å². The van der Waals surface area contributed by atoms with Crippen LogP contribution < -0.4 is 5.56 Å². The summed E-state index contributed by atoms with van der Waals surface area (Å²) in [6.45, 7) is 6.45. The molecule has 0 radical (unpaired) electrons. The van der Waals surface area contributed by atoms with E-state index in [0.29, 0.717) is 48.6 Å². The Morgan fingerprint density at radius 3 is 2.28 bits per heavy atom. The van der Waals surface area contributed by atoms with Gasteiger partial charge >= 0.3 is 0 Å². The second-order valence-corrected chi connectivity index (χ2v) is 10.2. The smallest absolute Gasteiger partial charge is 0.261 e. The van der Waals surface area contributed by atoms with Gasteiger partial charge in [-0.05, 0) is 49.7 Å². The highest BCUT2D eigenvalue weighted by atomic mass is 35.5. The van der Waals surface area contributed by atoms with E-state index in [9.17, 15) is 13.2 Å². The van der Waals surface area contributed by atoms with Gasteiger partial charge in [0.15, 0.2) is 0 Å². The van der Waals surface area contributed by atoms with Crippen molar-refractivity contribution in [2.45, 2.75) is 37.8 Å². The van der Waals surface area contributed by atoms with E-state index in [0.717, 1.165) is 12.2 Å². The number of hydrogen-bond acceptors (Lipinski definition) is 5. The van der Waals surface area contributed by atoms with Gasteiger partial charge in [-0.15, -0.1) is 0 Å². The minimum atomic E-state index is -3.57. The maximum absolute atomic E-state index is 13.1. The summed E-state index contributed by atoms with van der Waals surface area (Å²) in [6.07, 6.45) is 0.773. The third kappa shape index (κ3) is 4.20. The molecule has 1 atom stereocenters. The first kappa shape index (κ1) is 22.9. The minimum absolute atomic E-state index is 0.0319. The van der Waals surface area contributed by atoms with Crippen LogP contribution in [0.4, 0.5) is 0 Å². The third-order valence-corrected chi connectivity index (χ3v) is 8.22. The standard InChI is InChI=1S/C23H27ClN4O3S/c1-3-21(22-25-20-8-6-5-7-19(20)23(29)28(22)4-2)26-13-15-27(16-14-26)32(30,31)18-11-9-17(24)10-12-18/h5-12,21H,3-4,13-16H2,1-2H3. The van der Waals surface area contributed by atoms with Crippen molar-refractivity contribution in [2.24, 2.45) is 0 Å². The van der Waals surface area contributed by atoms with Gasteiger partial charge < -0.3 is 0 Å². The summed E-state index contributed by atoms with van der Waals surface area (Å²) < 4.78 is 29.3. The Hall–Kier alpha value is -2.26. The van der Waals surface area contributed by atoms with Crippen LogP contribution in [0.5, 0.6) is 0 Å². The van der Waals surface area contributed by atoms with Gasteiger partial charge in [0.25, 0.3) is 5.56 Å². The SMILES string of the molecule is CCC(c1nc2ccccc2c(=O)n1CC)N1CCN(S(=O)(=O)c2ccc(Cl)cc2)CC1. The molecule has 32 heavy (non-hydrogen) atoms. The molecule has 1 unspecified atom stereocenters. The summed E-state index contributed by atoms with van der Waals surface area (Å²) in [5.41, 5.74) is 0.662. The Morgan fingerprint density at radius 1 is 1.00 bits per heavy atom. The largest absolute Gasteiger partial charge is 0.295 e. The van der Waals surface area contributed by atoms with E-state index in [2.05, 4.69) is 11.8 Å². The van der Waals surface area contributed by atoms with E-state index in [4.69, 9.17) is 16.6 Å². The first-order valence-corrected chi connectivity index (χ1v) is 12.7. The highest BCUT2D eigenvalue weighted by Gasteiger charge is 2.32. The zero-order valence-corrected chi connectivity index (χ0v) is 19.8. The van der Waals surface area contributed by atoms with Crippen molar-refractivity contribution >= 4 is 32.5 Å². The Labute approximate surface area is 193 Å². The number of para-hydroxylation sites is 1. The molecule has 0 spiro atoms. The Morgan fingerprint density at radius 2 is 1.66 bits per heavy atom. The first-order valence-electron chi connectivity index (χ1n) is 10.9. The molecular formula is C23H27ClN4O3S. The molecule has 2 aromatic carbocycles. The average molecular weight is 475 g/mol. The van der Waals surface area contributed by atoms with Crippen molar-refractivity contribution in [3.8, 4) is 0 Å². The van der Waals surface area contributed by atoms with Crippen LogP contribution in [0.3, 0.4) is 0 Å². The van der Waals surface area contributed by atoms with Crippen LogP contribution in [0.1, 0.15) is 32.1 Å². The lowest BCUT2D eigenvalue weighted by atomic mass is 10.1. The lowest BCUT2D eigenvalue weighted by Crippen LogP contribution is -2.50. The fraction of sp³-hybridized carbons (Fsp3) is 0.391. The summed E-state index contributed by atoms with van der Waals surface area (Å²) in [4.78, 5) is 20.4. The van der Waals surface area contributed by atoms with Gasteiger partial charge in [0.1, 0.15) is 5.82 Å². The van der Waals surface area contributed by atoms with E-state index >= 15 is 0 Å². The minimum Gasteiger partial charge on any atom is -0.295 e. The molecule has 1 saturated heterocycles. The average Bonchev–Trinajstić information content (AvgIpc) is 2.80. The van der Waals surface area contributed by atoms with Gasteiger partial charge in [0.05, 0.1) is 21.8 Å². The molecule has 7 nitrogen and oxygen atoms in total. The Balaban J connectivity index is 1.59. The Kier molecular flexibility index (Phi) is 6.67. The molecule has 2 heterocycles. The van der Waals surface area contributed by atoms with Gasteiger partial charge in [-0.2, -0.15) is 4.31 Å². The fourth-order valence-electron chi connectivity index (χ4n) is 4.36. The molecule has 3 aromatic rings. The number of halogens is 1. The fourth-order valence-corrected chi connectivity index (χ4v) is 5.91. The van der Waals surface area contributed by atoms with Gasteiger partial charge in [-0.25, -0.2) is 13.4 Å². The van der Waals surface area contributed by atoms with Gasteiger partial charge in [-0.3, -0.25) is 14.3 Å². The number of nitrogens with zero attached hydrogens (tertiary/aromatic N) is 4. The molecule has 1 aliphatic heterocycles. The molecule has 4 rings (SSSR count). The van der Waals surface area contributed by atoms with E-state index in [1.54, 1.807) is 16.7 Å². The van der Waals surface area contributed by atoms with Crippen LogP contribution in [0, 0.1) is 0 Å². The summed E-state index contributed by atoms with van der Waals surface area (Å²) in [5.74, 6) is 0.743. The predicted molar refractivity (Wildman–Crippen MR) is 126 cm³/mol. The number of hydrogen-bond donors (Lipinski definition) is 0. The van der Waals surface area contributed by atoms with Crippen LogP contribution in [-0.2, 0) is 16.6 Å². The van der Waals surface area contributed by atoms with Gasteiger partial charge in [-0.1, -0.05) is 30.7 Å². The first-order chi connectivity index (χ1) is 15.4. The lowest BCUT2D eigenvalue weighted by Gasteiger charge is -2.38. The molecule has 1 fully saturated rings. The molecule has 1 aromatic heterocycles. The molecule has 0 bridgehead atoms. The second kappa shape index (κ2) is 9.31. The lowest BCUT2D eigenvalue weighted by molar-refractivity contribution is 0.125. The molecule has 9 heteroatoms. The van der Waals surface area contributed by atoms with E-state index in [1.165, 1.54) is 16.4 Å². The number of rotatable bonds is 6. The number of piperazine rings is 1. The zero-order chi connectivity index (χ0) is 22.9. The van der Waals surface area contributed by atoms with Crippen molar-refractivity contribution in [3.63, 3.8) is 0 Å². The summed E-state index contributed by atoms with van der Waals surface area (Å²) >= 11 is 5.90. The Bertz CT molecular complexity index is 1270. The third-order valence-electron chi connectivity index (χ3n) is 6.06. The number of benzene rings is 2. The second-order valence-electron chi connectivity index (χ2n) is 7.85. The van der Waals surface area contributed by atoms with E-state index in [-0.39, 0.29) is 16.5 Å². The van der Waals surface area contributed by atoms with Crippen LogP contribution in [-0.4, -0.2) is 53.4 Å². The van der Waals surface area contributed by atoms with Crippen LogP contribution >= 0.6 is 11.6 Å². The number of aromatic nitrogens is 2. The maximum Gasteiger partial charge on any atom is 0.261 e. The van der Waals surface area contributed by atoms with Crippen LogP contribution in [0.25, 0.3) is 10.9 Å². The van der Waals surface area contributed by atoms with Crippen molar-refractivity contribution in [3.05, 3.63) is 69.7 Å². The van der Waals surface area contributed by atoms with Gasteiger partial charge in [0.2, 0.25) is 10.0 Å². The summed E-state index contributed by atoms with van der Waals surface area (Å²) in [7, 11) is -3.57. The van der Waals surface area contributed by atoms with Gasteiger partial charge in [0, 0.05) is 37.7 Å². The maximum atomic E-state index is 13.1. The van der Waals surface area contributed by atoms with Crippen molar-refractivity contribution < 1.29 is 8.42 Å². The number of fused-ring (bicyclic) bond motifs is 1. The predicted octanol–water partition coefficient (Wildman–Crippen LogP) is 3.53. The van der Waals surface area contributed by atoms with Crippen LogP contribution in [0.2, 0.25) is 5.02 Å². The summed E-state index contributed by atoms with van der Waals surface area (Å²) in [6, 6.07) is 13.6. The van der Waals surface area contributed by atoms with Crippen molar-refractivity contribution in [1.82, 2.24) is 18.8 Å². The normalized spacial score (nSPS) is 17.0. The molecule has 0 aliphatic carbocycles. The molecule has 0 saturated carbocycles. The molecule has 0 N–H and O–H groups in total. The monoisotopic (exact) mass is 474 g/mol.